The number of piperidine rings is 1. The SMILES string of the molecule is O=C([C@@H]1CC(=O)N(c2cccc(Cl)c2)C1)N1CCC[C@H](c2nnc3ccccn23)C1. The summed E-state index contributed by atoms with van der Waals surface area (Å²) in [6.45, 7) is 1.72. The molecule has 0 saturated carbocycles. The van der Waals surface area contributed by atoms with Gasteiger partial charge in [-0.25, -0.2) is 0 Å². The highest BCUT2D eigenvalue weighted by Crippen LogP contribution is 2.31. The first kappa shape index (κ1) is 19.1. The van der Waals surface area contributed by atoms with Gasteiger partial charge >= 0.3 is 0 Å². The minimum atomic E-state index is -0.328. The van der Waals surface area contributed by atoms with E-state index in [0.29, 0.717) is 24.7 Å². The van der Waals surface area contributed by atoms with E-state index in [0.717, 1.165) is 30.0 Å². The second-order valence-corrected chi connectivity index (χ2v) is 8.43. The number of rotatable bonds is 3. The molecule has 30 heavy (non-hydrogen) atoms. The summed E-state index contributed by atoms with van der Waals surface area (Å²) >= 11 is 6.07. The molecule has 0 spiro atoms. The van der Waals surface area contributed by atoms with Crippen LogP contribution in [0.25, 0.3) is 5.65 Å². The Morgan fingerprint density at radius 3 is 2.87 bits per heavy atom. The second kappa shape index (κ2) is 7.72. The number of nitrogens with zero attached hydrogens (tertiary/aromatic N) is 5. The first-order valence-corrected chi connectivity index (χ1v) is 10.6. The van der Waals surface area contributed by atoms with Crippen LogP contribution in [0.4, 0.5) is 5.69 Å². The van der Waals surface area contributed by atoms with Crippen molar-refractivity contribution in [3.05, 3.63) is 59.5 Å². The summed E-state index contributed by atoms with van der Waals surface area (Å²) in [6, 6.07) is 13.0. The molecule has 3 aromatic rings. The average Bonchev–Trinajstić information content (AvgIpc) is 3.37. The van der Waals surface area contributed by atoms with Crippen LogP contribution in [0.2, 0.25) is 5.02 Å². The second-order valence-electron chi connectivity index (χ2n) is 8.00. The van der Waals surface area contributed by atoms with Gasteiger partial charge in [0, 0.05) is 48.9 Å². The molecular weight excluding hydrogens is 402 g/mol. The van der Waals surface area contributed by atoms with Gasteiger partial charge in [-0.15, -0.1) is 10.2 Å². The Hall–Kier alpha value is -2.93. The number of benzene rings is 1. The number of aromatic nitrogens is 3. The van der Waals surface area contributed by atoms with Crippen LogP contribution in [-0.4, -0.2) is 50.9 Å². The number of likely N-dealkylation sites (tertiary alicyclic amines) is 1. The maximum absolute atomic E-state index is 13.2. The van der Waals surface area contributed by atoms with Crippen molar-refractivity contribution >= 4 is 34.7 Å². The molecule has 2 fully saturated rings. The van der Waals surface area contributed by atoms with E-state index in [1.807, 2.05) is 45.8 Å². The number of hydrogen-bond acceptors (Lipinski definition) is 4. The van der Waals surface area contributed by atoms with Crippen molar-refractivity contribution < 1.29 is 9.59 Å². The zero-order chi connectivity index (χ0) is 20.7. The minimum absolute atomic E-state index is 0.0346. The highest BCUT2D eigenvalue weighted by molar-refractivity contribution is 6.31. The van der Waals surface area contributed by atoms with Crippen molar-refractivity contribution in [2.75, 3.05) is 24.5 Å². The van der Waals surface area contributed by atoms with Crippen LogP contribution in [0, 0.1) is 5.92 Å². The number of pyridine rings is 1. The van der Waals surface area contributed by atoms with E-state index in [1.165, 1.54) is 0 Å². The number of carbonyl (C=O) groups excluding carboxylic acids is 2. The van der Waals surface area contributed by atoms with E-state index in [4.69, 9.17) is 11.6 Å². The fraction of sp³-hybridized carbons (Fsp3) is 0.364. The molecule has 8 heteroatoms. The lowest BCUT2D eigenvalue weighted by atomic mass is 9.95. The number of anilines is 1. The summed E-state index contributed by atoms with van der Waals surface area (Å²) in [7, 11) is 0. The van der Waals surface area contributed by atoms with E-state index in [2.05, 4.69) is 10.2 Å². The Balaban J connectivity index is 1.31. The standard InChI is InChI=1S/C22H22ClN5O2/c23-17-6-3-7-18(12-17)28-14-16(11-20(28)29)22(30)26-9-4-5-15(13-26)21-25-24-19-8-1-2-10-27(19)21/h1-3,6-8,10,12,15-16H,4-5,9,11,13-14H2/t15-,16+/m0/s1. The molecule has 2 saturated heterocycles. The molecule has 2 aromatic heterocycles. The molecule has 2 aliphatic rings. The van der Waals surface area contributed by atoms with Crippen molar-refractivity contribution in [3.8, 4) is 0 Å². The molecule has 2 atom stereocenters. The normalized spacial score (nSPS) is 22.1. The van der Waals surface area contributed by atoms with Gasteiger partial charge in [-0.2, -0.15) is 0 Å². The maximum atomic E-state index is 13.2. The van der Waals surface area contributed by atoms with Gasteiger partial charge in [-0.05, 0) is 43.2 Å². The van der Waals surface area contributed by atoms with Crippen molar-refractivity contribution in [2.45, 2.75) is 25.2 Å². The van der Waals surface area contributed by atoms with Gasteiger partial charge in [0.05, 0.1) is 5.92 Å². The van der Waals surface area contributed by atoms with Gasteiger partial charge in [0.15, 0.2) is 5.65 Å². The van der Waals surface area contributed by atoms with Crippen molar-refractivity contribution in [3.63, 3.8) is 0 Å². The minimum Gasteiger partial charge on any atom is -0.342 e. The monoisotopic (exact) mass is 423 g/mol. The first-order chi connectivity index (χ1) is 14.6. The molecule has 0 unspecified atom stereocenters. The van der Waals surface area contributed by atoms with Crippen LogP contribution >= 0.6 is 11.6 Å². The molecule has 2 aliphatic heterocycles. The number of fused-ring (bicyclic) bond motifs is 1. The molecule has 0 bridgehead atoms. The molecule has 154 valence electrons. The molecule has 7 nitrogen and oxygen atoms in total. The highest BCUT2D eigenvalue weighted by atomic mass is 35.5. The molecular formula is C22H22ClN5O2. The fourth-order valence-electron chi connectivity index (χ4n) is 4.55. The Morgan fingerprint density at radius 2 is 2.00 bits per heavy atom. The van der Waals surface area contributed by atoms with Crippen LogP contribution in [0.3, 0.4) is 0 Å². The van der Waals surface area contributed by atoms with Gasteiger partial charge in [0.1, 0.15) is 5.82 Å². The summed E-state index contributed by atoms with van der Waals surface area (Å²) < 4.78 is 2.00. The number of amides is 2. The van der Waals surface area contributed by atoms with Crippen molar-refractivity contribution in [1.29, 1.82) is 0 Å². The third kappa shape index (κ3) is 3.43. The predicted molar refractivity (Wildman–Crippen MR) is 113 cm³/mol. The zero-order valence-corrected chi connectivity index (χ0v) is 17.2. The molecule has 2 amide bonds. The Kier molecular flexibility index (Phi) is 4.90. The van der Waals surface area contributed by atoms with Crippen LogP contribution in [0.1, 0.15) is 31.0 Å². The Morgan fingerprint density at radius 1 is 1.10 bits per heavy atom. The predicted octanol–water partition coefficient (Wildman–Crippen LogP) is 3.14. The van der Waals surface area contributed by atoms with Gasteiger partial charge in [0.25, 0.3) is 0 Å². The Bertz CT molecular complexity index is 1110. The van der Waals surface area contributed by atoms with Crippen molar-refractivity contribution in [1.82, 2.24) is 19.5 Å². The van der Waals surface area contributed by atoms with Gasteiger partial charge in [-0.3, -0.25) is 14.0 Å². The van der Waals surface area contributed by atoms with E-state index in [1.54, 1.807) is 17.0 Å². The van der Waals surface area contributed by atoms with E-state index in [9.17, 15) is 9.59 Å². The molecule has 0 aliphatic carbocycles. The molecule has 5 rings (SSSR count). The lowest BCUT2D eigenvalue weighted by Gasteiger charge is -2.33. The smallest absolute Gasteiger partial charge is 0.228 e. The molecule has 0 N–H and O–H groups in total. The molecule has 1 aromatic carbocycles. The third-order valence-corrected chi connectivity index (χ3v) is 6.27. The maximum Gasteiger partial charge on any atom is 0.228 e. The van der Waals surface area contributed by atoms with E-state index in [-0.39, 0.29) is 30.1 Å². The van der Waals surface area contributed by atoms with Gasteiger partial charge < -0.3 is 9.80 Å². The summed E-state index contributed by atoms with van der Waals surface area (Å²) in [5.41, 5.74) is 1.56. The lowest BCUT2D eigenvalue weighted by Crippen LogP contribution is -2.43. The quantitative estimate of drug-likeness (QED) is 0.648. The first-order valence-electron chi connectivity index (χ1n) is 10.2. The van der Waals surface area contributed by atoms with Crippen LogP contribution in [0.15, 0.2) is 48.7 Å². The van der Waals surface area contributed by atoms with Crippen LogP contribution < -0.4 is 4.90 Å². The average molecular weight is 424 g/mol. The molecule has 0 radical (unpaired) electrons. The topological polar surface area (TPSA) is 70.8 Å². The fourth-order valence-corrected chi connectivity index (χ4v) is 4.74. The van der Waals surface area contributed by atoms with E-state index < -0.39 is 0 Å². The Labute approximate surface area is 179 Å². The van der Waals surface area contributed by atoms with Crippen molar-refractivity contribution in [2.24, 2.45) is 5.92 Å². The van der Waals surface area contributed by atoms with E-state index >= 15 is 0 Å². The number of carbonyl (C=O) groups is 2. The lowest BCUT2D eigenvalue weighted by molar-refractivity contribution is -0.137. The third-order valence-electron chi connectivity index (χ3n) is 6.03. The van der Waals surface area contributed by atoms with Gasteiger partial charge in [-0.1, -0.05) is 23.7 Å². The zero-order valence-electron chi connectivity index (χ0n) is 16.4. The van der Waals surface area contributed by atoms with Crippen LogP contribution in [-0.2, 0) is 9.59 Å². The molecule has 4 heterocycles. The number of halogens is 1. The summed E-state index contributed by atoms with van der Waals surface area (Å²) in [5, 5.41) is 9.21. The summed E-state index contributed by atoms with van der Waals surface area (Å²) in [5.74, 6) is 0.719. The largest absolute Gasteiger partial charge is 0.342 e. The van der Waals surface area contributed by atoms with Gasteiger partial charge in [0.2, 0.25) is 11.8 Å². The summed E-state index contributed by atoms with van der Waals surface area (Å²) in [4.78, 5) is 29.4. The highest BCUT2D eigenvalue weighted by Gasteiger charge is 2.39. The number of hydrogen-bond donors (Lipinski definition) is 0. The summed E-state index contributed by atoms with van der Waals surface area (Å²) in [6.07, 6.45) is 4.08. The van der Waals surface area contributed by atoms with Crippen LogP contribution in [0.5, 0.6) is 0 Å².